The fraction of sp³-hybridized carbons (Fsp3) is 0.444. The highest BCUT2D eigenvalue weighted by Gasteiger charge is 2.25. The lowest BCUT2D eigenvalue weighted by atomic mass is 10.2. The van der Waals surface area contributed by atoms with Crippen LogP contribution in [0.15, 0.2) is 30.6 Å². The highest BCUT2D eigenvalue weighted by atomic mass is 32.1. The fourth-order valence-electron chi connectivity index (χ4n) is 3.45. The largest absolute Gasteiger partial charge is 0.335 e. The Balaban J connectivity index is 1.34. The molecule has 1 aliphatic carbocycles. The number of piperazine rings is 1. The van der Waals surface area contributed by atoms with Gasteiger partial charge in [0.25, 0.3) is 5.91 Å². The molecule has 2 aromatic rings. The summed E-state index contributed by atoms with van der Waals surface area (Å²) in [6.45, 7) is 4.43. The average Bonchev–Trinajstić information content (AvgIpc) is 3.17. The minimum atomic E-state index is 0.227. The number of nitrogens with zero attached hydrogens (tertiary/aromatic N) is 3. The second-order valence-electron chi connectivity index (χ2n) is 6.34. The van der Waals surface area contributed by atoms with Crippen LogP contribution in [0.2, 0.25) is 0 Å². The van der Waals surface area contributed by atoms with E-state index >= 15 is 0 Å². The molecule has 120 valence electrons. The van der Waals surface area contributed by atoms with Crippen LogP contribution in [0.4, 0.5) is 0 Å². The number of carbonyl (C=O) groups excluding carboxylic acids is 1. The Morgan fingerprint density at radius 1 is 1.22 bits per heavy atom. The van der Waals surface area contributed by atoms with Crippen molar-refractivity contribution in [2.24, 2.45) is 0 Å². The molecular weight excluding hydrogens is 306 g/mol. The van der Waals surface area contributed by atoms with Gasteiger partial charge >= 0.3 is 0 Å². The molecule has 4 nitrogen and oxygen atoms in total. The number of rotatable bonds is 3. The lowest BCUT2D eigenvalue weighted by molar-refractivity contribution is 0.0633. The molecule has 1 aliphatic heterocycles. The molecule has 4 rings (SSSR count). The Morgan fingerprint density at radius 2 is 2.09 bits per heavy atom. The summed E-state index contributed by atoms with van der Waals surface area (Å²) in [5.41, 5.74) is 2.65. The van der Waals surface area contributed by atoms with Crippen LogP contribution in [0.5, 0.6) is 0 Å². The van der Waals surface area contributed by atoms with Crippen molar-refractivity contribution in [3.63, 3.8) is 0 Å². The van der Waals surface area contributed by atoms with Crippen LogP contribution in [-0.4, -0.2) is 46.9 Å². The molecular formula is C18H21N3OS. The molecule has 0 saturated carbocycles. The molecule has 2 aromatic heterocycles. The van der Waals surface area contributed by atoms with Crippen molar-refractivity contribution >= 4 is 17.2 Å². The molecule has 5 heteroatoms. The minimum absolute atomic E-state index is 0.227. The van der Waals surface area contributed by atoms with Crippen molar-refractivity contribution in [2.75, 3.05) is 26.2 Å². The van der Waals surface area contributed by atoms with Crippen molar-refractivity contribution in [2.45, 2.75) is 25.8 Å². The van der Waals surface area contributed by atoms with Gasteiger partial charge in [-0.2, -0.15) is 0 Å². The number of hydrogen-bond acceptors (Lipinski definition) is 4. The van der Waals surface area contributed by atoms with Crippen LogP contribution in [0.25, 0.3) is 0 Å². The zero-order chi connectivity index (χ0) is 15.6. The summed E-state index contributed by atoms with van der Waals surface area (Å²) in [7, 11) is 0. The van der Waals surface area contributed by atoms with E-state index in [0.29, 0.717) is 0 Å². The van der Waals surface area contributed by atoms with E-state index in [4.69, 9.17) is 0 Å². The first-order chi connectivity index (χ1) is 11.3. The molecule has 0 bridgehead atoms. The highest BCUT2D eigenvalue weighted by molar-refractivity contribution is 7.14. The summed E-state index contributed by atoms with van der Waals surface area (Å²) < 4.78 is 0. The normalized spacial score (nSPS) is 18.2. The van der Waals surface area contributed by atoms with Crippen LogP contribution in [-0.2, 0) is 19.4 Å². The monoisotopic (exact) mass is 327 g/mol. The van der Waals surface area contributed by atoms with Gasteiger partial charge in [-0.15, -0.1) is 11.3 Å². The molecule has 2 aliphatic rings. The van der Waals surface area contributed by atoms with E-state index in [1.807, 2.05) is 17.2 Å². The Bertz CT molecular complexity index is 668. The van der Waals surface area contributed by atoms with Gasteiger partial charge in [0.2, 0.25) is 0 Å². The van der Waals surface area contributed by atoms with Gasteiger partial charge in [0.15, 0.2) is 0 Å². The van der Waals surface area contributed by atoms with Crippen molar-refractivity contribution < 1.29 is 4.79 Å². The summed E-state index contributed by atoms with van der Waals surface area (Å²) >= 11 is 1.71. The van der Waals surface area contributed by atoms with E-state index in [-0.39, 0.29) is 5.91 Å². The first-order valence-electron chi connectivity index (χ1n) is 8.32. The van der Waals surface area contributed by atoms with Gasteiger partial charge in [0.05, 0.1) is 4.88 Å². The number of aromatic nitrogens is 1. The number of amides is 1. The minimum Gasteiger partial charge on any atom is -0.335 e. The van der Waals surface area contributed by atoms with E-state index in [2.05, 4.69) is 22.0 Å². The molecule has 23 heavy (non-hydrogen) atoms. The third-order valence-electron chi connectivity index (χ3n) is 4.75. The van der Waals surface area contributed by atoms with Crippen LogP contribution < -0.4 is 0 Å². The Kier molecular flexibility index (Phi) is 4.14. The second-order valence-corrected chi connectivity index (χ2v) is 7.48. The van der Waals surface area contributed by atoms with E-state index in [0.717, 1.165) is 50.4 Å². The third kappa shape index (κ3) is 3.16. The molecule has 3 heterocycles. The first-order valence-corrected chi connectivity index (χ1v) is 9.13. The number of hydrogen-bond donors (Lipinski definition) is 0. The average molecular weight is 327 g/mol. The molecule has 1 fully saturated rings. The van der Waals surface area contributed by atoms with Crippen LogP contribution >= 0.6 is 11.3 Å². The molecule has 1 amide bonds. The lowest BCUT2D eigenvalue weighted by Gasteiger charge is -2.34. The molecule has 0 atom stereocenters. The predicted molar refractivity (Wildman–Crippen MR) is 91.8 cm³/mol. The Hall–Kier alpha value is -1.72. The smallest absolute Gasteiger partial charge is 0.264 e. The summed E-state index contributed by atoms with van der Waals surface area (Å²) in [5.74, 6) is 0.227. The van der Waals surface area contributed by atoms with E-state index in [1.54, 1.807) is 17.5 Å². The molecule has 0 spiro atoms. The summed E-state index contributed by atoms with van der Waals surface area (Å²) in [6, 6.07) is 6.22. The maximum atomic E-state index is 12.7. The number of pyridine rings is 1. The van der Waals surface area contributed by atoms with Gasteiger partial charge < -0.3 is 4.90 Å². The Labute approximate surface area is 140 Å². The first kappa shape index (κ1) is 14.8. The highest BCUT2D eigenvalue weighted by Crippen LogP contribution is 2.31. The zero-order valence-corrected chi connectivity index (χ0v) is 14.0. The Morgan fingerprint density at radius 3 is 2.83 bits per heavy atom. The van der Waals surface area contributed by atoms with E-state index in [9.17, 15) is 4.79 Å². The third-order valence-corrected chi connectivity index (χ3v) is 5.97. The second kappa shape index (κ2) is 6.42. The molecule has 0 N–H and O–H groups in total. The SMILES string of the molecule is O=C(c1cc2c(s1)CCC2)N1CCN(Cc2cccnc2)CC1. The van der Waals surface area contributed by atoms with E-state index < -0.39 is 0 Å². The topological polar surface area (TPSA) is 36.4 Å². The zero-order valence-electron chi connectivity index (χ0n) is 13.2. The van der Waals surface area contributed by atoms with Gasteiger partial charge in [-0.05, 0) is 42.5 Å². The maximum absolute atomic E-state index is 12.7. The maximum Gasteiger partial charge on any atom is 0.264 e. The summed E-state index contributed by atoms with van der Waals surface area (Å²) in [5, 5.41) is 0. The van der Waals surface area contributed by atoms with Crippen LogP contribution in [0, 0.1) is 0 Å². The van der Waals surface area contributed by atoms with Crippen LogP contribution in [0.3, 0.4) is 0 Å². The van der Waals surface area contributed by atoms with Crippen molar-refractivity contribution in [1.82, 2.24) is 14.8 Å². The standard InChI is InChI=1S/C18H21N3OS/c22-18(17-11-15-4-1-5-16(15)23-17)21-9-7-20(8-10-21)13-14-3-2-6-19-12-14/h2-3,6,11-12H,1,4-5,7-10,13H2. The van der Waals surface area contributed by atoms with Crippen LogP contribution in [0.1, 0.15) is 32.1 Å². The molecule has 0 radical (unpaired) electrons. The predicted octanol–water partition coefficient (Wildman–Crippen LogP) is 2.59. The van der Waals surface area contributed by atoms with Gasteiger partial charge in [0, 0.05) is 50.0 Å². The molecule has 0 aromatic carbocycles. The summed E-state index contributed by atoms with van der Waals surface area (Å²) in [4.78, 5) is 23.6. The lowest BCUT2D eigenvalue weighted by Crippen LogP contribution is -2.48. The number of fused-ring (bicyclic) bond motifs is 1. The van der Waals surface area contributed by atoms with Gasteiger partial charge in [0.1, 0.15) is 0 Å². The number of thiophene rings is 1. The number of aryl methyl sites for hydroxylation is 2. The van der Waals surface area contributed by atoms with Gasteiger partial charge in [-0.25, -0.2) is 0 Å². The van der Waals surface area contributed by atoms with E-state index in [1.165, 1.54) is 22.4 Å². The molecule has 1 saturated heterocycles. The van der Waals surface area contributed by atoms with Gasteiger partial charge in [-0.1, -0.05) is 6.07 Å². The van der Waals surface area contributed by atoms with Gasteiger partial charge in [-0.3, -0.25) is 14.7 Å². The van der Waals surface area contributed by atoms with Crippen molar-refractivity contribution in [3.05, 3.63) is 51.5 Å². The quantitative estimate of drug-likeness (QED) is 0.869. The number of carbonyl (C=O) groups is 1. The molecule has 0 unspecified atom stereocenters. The fourth-order valence-corrected chi connectivity index (χ4v) is 4.67. The summed E-state index contributed by atoms with van der Waals surface area (Å²) in [6.07, 6.45) is 7.29. The van der Waals surface area contributed by atoms with Crippen molar-refractivity contribution in [3.8, 4) is 0 Å². The van der Waals surface area contributed by atoms with Crippen molar-refractivity contribution in [1.29, 1.82) is 0 Å².